The van der Waals surface area contributed by atoms with Crippen LogP contribution in [0.4, 0.5) is 13.2 Å². The van der Waals surface area contributed by atoms with Gasteiger partial charge in [0.1, 0.15) is 6.54 Å². The summed E-state index contributed by atoms with van der Waals surface area (Å²) in [7, 11) is 0. The second kappa shape index (κ2) is 3.13. The first-order valence-corrected chi connectivity index (χ1v) is 3.50. The Hall–Kier alpha value is -1.44. The van der Waals surface area contributed by atoms with Crippen LogP contribution in [0.25, 0.3) is 0 Å². The molecule has 2 nitrogen and oxygen atoms in total. The van der Waals surface area contributed by atoms with Crippen molar-refractivity contribution in [2.75, 3.05) is 0 Å². The SMILES string of the molecule is C#CCn1nc(C(F)(F)F)cc1C. The van der Waals surface area contributed by atoms with Gasteiger partial charge in [0.2, 0.25) is 0 Å². The molecule has 0 aliphatic carbocycles. The van der Waals surface area contributed by atoms with Crippen molar-refractivity contribution in [2.45, 2.75) is 19.6 Å². The van der Waals surface area contributed by atoms with Crippen LogP contribution in [-0.4, -0.2) is 9.78 Å². The van der Waals surface area contributed by atoms with Crippen LogP contribution in [0.2, 0.25) is 0 Å². The Labute approximate surface area is 73.4 Å². The number of nitrogens with zero attached hydrogens (tertiary/aromatic N) is 2. The third-order valence-electron chi connectivity index (χ3n) is 1.51. The highest BCUT2D eigenvalue weighted by Gasteiger charge is 2.34. The van der Waals surface area contributed by atoms with E-state index in [0.717, 1.165) is 10.7 Å². The van der Waals surface area contributed by atoms with Crippen molar-refractivity contribution >= 4 is 0 Å². The van der Waals surface area contributed by atoms with Crippen LogP contribution in [0.5, 0.6) is 0 Å². The van der Waals surface area contributed by atoms with Crippen LogP contribution < -0.4 is 0 Å². The molecule has 0 saturated heterocycles. The van der Waals surface area contributed by atoms with E-state index in [-0.39, 0.29) is 6.54 Å². The quantitative estimate of drug-likeness (QED) is 0.615. The normalized spacial score (nSPS) is 11.3. The second-order valence-corrected chi connectivity index (χ2v) is 2.53. The molecule has 0 aliphatic rings. The molecular weight excluding hydrogens is 181 g/mol. The number of hydrogen-bond acceptors (Lipinski definition) is 1. The third-order valence-corrected chi connectivity index (χ3v) is 1.51. The summed E-state index contributed by atoms with van der Waals surface area (Å²) in [5.41, 5.74) is -0.495. The van der Waals surface area contributed by atoms with Gasteiger partial charge >= 0.3 is 6.18 Å². The van der Waals surface area contributed by atoms with Gasteiger partial charge in [-0.15, -0.1) is 6.42 Å². The third kappa shape index (κ3) is 2.02. The van der Waals surface area contributed by atoms with Crippen LogP contribution in [-0.2, 0) is 12.7 Å². The summed E-state index contributed by atoms with van der Waals surface area (Å²) in [6, 6.07) is 0.970. The Morgan fingerprint density at radius 1 is 1.62 bits per heavy atom. The summed E-state index contributed by atoms with van der Waals surface area (Å²) < 4.78 is 37.4. The molecule has 1 heterocycles. The summed E-state index contributed by atoms with van der Waals surface area (Å²) in [6.07, 6.45) is 0.557. The van der Waals surface area contributed by atoms with Gasteiger partial charge in [-0.05, 0) is 13.0 Å². The van der Waals surface area contributed by atoms with Crippen LogP contribution in [0.1, 0.15) is 11.4 Å². The molecule has 0 atom stereocenters. The number of terminal acetylenes is 1. The average Bonchev–Trinajstić information content (AvgIpc) is 2.32. The predicted molar refractivity (Wildman–Crippen MR) is 40.8 cm³/mol. The number of alkyl halides is 3. The number of rotatable bonds is 1. The minimum atomic E-state index is -4.40. The molecule has 0 aliphatic heterocycles. The zero-order chi connectivity index (χ0) is 10.1. The minimum Gasteiger partial charge on any atom is -0.257 e. The summed E-state index contributed by atoms with van der Waals surface area (Å²) in [5.74, 6) is 2.22. The van der Waals surface area contributed by atoms with Gasteiger partial charge in [0.25, 0.3) is 0 Å². The highest BCUT2D eigenvalue weighted by Crippen LogP contribution is 2.28. The van der Waals surface area contributed by atoms with E-state index in [0.29, 0.717) is 5.69 Å². The summed E-state index contributed by atoms with van der Waals surface area (Å²) in [5, 5.41) is 3.32. The Kier molecular flexibility index (Phi) is 2.32. The Bertz CT molecular complexity index is 343. The lowest BCUT2D eigenvalue weighted by molar-refractivity contribution is -0.141. The lowest BCUT2D eigenvalue weighted by atomic mass is 10.4. The fraction of sp³-hybridized carbons (Fsp3) is 0.375. The Morgan fingerprint density at radius 2 is 2.23 bits per heavy atom. The smallest absolute Gasteiger partial charge is 0.257 e. The molecule has 5 heteroatoms. The van der Waals surface area contributed by atoms with Gasteiger partial charge in [0.15, 0.2) is 5.69 Å². The van der Waals surface area contributed by atoms with E-state index in [1.807, 2.05) is 0 Å². The van der Waals surface area contributed by atoms with Gasteiger partial charge < -0.3 is 0 Å². The lowest BCUT2D eigenvalue weighted by Crippen LogP contribution is -2.07. The fourth-order valence-electron chi connectivity index (χ4n) is 0.895. The first kappa shape index (κ1) is 9.65. The molecule has 13 heavy (non-hydrogen) atoms. The van der Waals surface area contributed by atoms with Crippen molar-refractivity contribution in [1.82, 2.24) is 9.78 Å². The lowest BCUT2D eigenvalue weighted by Gasteiger charge is -2.00. The molecular formula is C8H7F3N2. The molecule has 1 rings (SSSR count). The Morgan fingerprint density at radius 3 is 2.62 bits per heavy atom. The fourth-order valence-corrected chi connectivity index (χ4v) is 0.895. The van der Waals surface area contributed by atoms with Gasteiger partial charge in [0, 0.05) is 5.69 Å². The standard InChI is InChI=1S/C8H7F3N2/c1-3-4-13-6(2)5-7(12-13)8(9,10)11/h1,5H,4H2,2H3. The van der Waals surface area contributed by atoms with E-state index in [4.69, 9.17) is 6.42 Å². The van der Waals surface area contributed by atoms with E-state index in [9.17, 15) is 13.2 Å². The first-order chi connectivity index (χ1) is 5.95. The molecule has 0 spiro atoms. The van der Waals surface area contributed by atoms with E-state index in [1.165, 1.54) is 6.92 Å². The van der Waals surface area contributed by atoms with Crippen LogP contribution in [0, 0.1) is 19.3 Å². The molecule has 0 unspecified atom stereocenters. The van der Waals surface area contributed by atoms with E-state index in [1.54, 1.807) is 0 Å². The van der Waals surface area contributed by atoms with Crippen molar-refractivity contribution in [3.63, 3.8) is 0 Å². The Balaban J connectivity index is 3.04. The van der Waals surface area contributed by atoms with Crippen molar-refractivity contribution in [3.05, 3.63) is 17.5 Å². The van der Waals surface area contributed by atoms with E-state index in [2.05, 4.69) is 11.0 Å². The highest BCUT2D eigenvalue weighted by atomic mass is 19.4. The van der Waals surface area contributed by atoms with Crippen molar-refractivity contribution < 1.29 is 13.2 Å². The zero-order valence-electron chi connectivity index (χ0n) is 6.89. The largest absolute Gasteiger partial charge is 0.435 e. The molecule has 1 aromatic heterocycles. The van der Waals surface area contributed by atoms with E-state index >= 15 is 0 Å². The van der Waals surface area contributed by atoms with Gasteiger partial charge in [-0.2, -0.15) is 18.3 Å². The summed E-state index contributed by atoms with van der Waals surface area (Å²) in [6.45, 7) is 1.58. The number of aryl methyl sites for hydroxylation is 1. The highest BCUT2D eigenvalue weighted by molar-refractivity contribution is 5.12. The number of aromatic nitrogens is 2. The maximum absolute atomic E-state index is 12.1. The first-order valence-electron chi connectivity index (χ1n) is 3.50. The number of hydrogen-bond donors (Lipinski definition) is 0. The predicted octanol–water partition coefficient (Wildman–Crippen LogP) is 1.84. The molecule has 70 valence electrons. The summed E-state index contributed by atoms with van der Waals surface area (Å²) in [4.78, 5) is 0. The van der Waals surface area contributed by atoms with Gasteiger partial charge in [-0.25, -0.2) is 0 Å². The molecule has 0 saturated carbocycles. The van der Waals surface area contributed by atoms with Crippen LogP contribution in [0.15, 0.2) is 6.07 Å². The van der Waals surface area contributed by atoms with Gasteiger partial charge in [-0.3, -0.25) is 4.68 Å². The molecule has 0 fully saturated rings. The molecule has 0 N–H and O–H groups in total. The van der Waals surface area contributed by atoms with Crippen LogP contribution in [0.3, 0.4) is 0 Å². The topological polar surface area (TPSA) is 17.8 Å². The molecule has 0 aromatic carbocycles. The molecule has 0 radical (unpaired) electrons. The average molecular weight is 188 g/mol. The second-order valence-electron chi connectivity index (χ2n) is 2.53. The number of halogens is 3. The van der Waals surface area contributed by atoms with Crippen molar-refractivity contribution in [1.29, 1.82) is 0 Å². The molecule has 0 amide bonds. The van der Waals surface area contributed by atoms with E-state index < -0.39 is 11.9 Å². The monoisotopic (exact) mass is 188 g/mol. The maximum atomic E-state index is 12.1. The van der Waals surface area contributed by atoms with Gasteiger partial charge in [0.05, 0.1) is 0 Å². The zero-order valence-corrected chi connectivity index (χ0v) is 6.89. The van der Waals surface area contributed by atoms with Crippen molar-refractivity contribution in [2.24, 2.45) is 0 Å². The van der Waals surface area contributed by atoms with Crippen molar-refractivity contribution in [3.8, 4) is 12.3 Å². The minimum absolute atomic E-state index is 0.0575. The molecule has 1 aromatic rings. The molecule has 0 bridgehead atoms. The van der Waals surface area contributed by atoms with Gasteiger partial charge in [-0.1, -0.05) is 5.92 Å². The summed E-state index contributed by atoms with van der Waals surface area (Å²) >= 11 is 0. The maximum Gasteiger partial charge on any atom is 0.435 e. The van der Waals surface area contributed by atoms with Crippen LogP contribution >= 0.6 is 0 Å².